The average Bonchev–Trinajstić information content (AvgIpc) is 3.03. The summed E-state index contributed by atoms with van der Waals surface area (Å²) in [5.41, 5.74) is 2.56. The number of rotatable bonds is 3. The first-order valence-electron chi connectivity index (χ1n) is 7.74. The Hall–Kier alpha value is -1.84. The van der Waals surface area contributed by atoms with Crippen molar-refractivity contribution in [2.45, 2.75) is 45.2 Å². The van der Waals surface area contributed by atoms with E-state index in [2.05, 4.69) is 17.4 Å². The summed E-state index contributed by atoms with van der Waals surface area (Å²) in [7, 11) is 0. The van der Waals surface area contributed by atoms with Crippen LogP contribution in [0.15, 0.2) is 24.3 Å². The van der Waals surface area contributed by atoms with E-state index >= 15 is 0 Å². The Bertz CT molecular complexity index is 568. The molecule has 1 N–H and O–H groups in total. The number of aryl methyl sites for hydroxylation is 1. The molecule has 0 spiro atoms. The molecular formula is C17H22N2O2. The number of benzene rings is 1. The molecule has 3 rings (SSSR count). The average molecular weight is 286 g/mol. The third kappa shape index (κ3) is 2.67. The smallest absolute Gasteiger partial charge is 0.225 e. The molecule has 1 saturated heterocycles. The highest BCUT2D eigenvalue weighted by molar-refractivity contribution is 5.89. The highest BCUT2D eigenvalue weighted by Gasteiger charge is 2.36. The van der Waals surface area contributed by atoms with Gasteiger partial charge in [-0.25, -0.2) is 0 Å². The molecule has 0 radical (unpaired) electrons. The second-order valence-electron chi connectivity index (χ2n) is 6.34. The fraction of sp³-hybridized carbons (Fsp3) is 0.529. The molecular weight excluding hydrogens is 264 g/mol. The number of nitrogens with one attached hydrogen (secondary N) is 1. The molecule has 2 amide bonds. The van der Waals surface area contributed by atoms with E-state index in [1.165, 1.54) is 11.1 Å². The molecule has 1 aliphatic heterocycles. The summed E-state index contributed by atoms with van der Waals surface area (Å²) in [5.74, 6) is -0.0853. The summed E-state index contributed by atoms with van der Waals surface area (Å²) in [5, 5.41) is 3.14. The van der Waals surface area contributed by atoms with Gasteiger partial charge in [-0.1, -0.05) is 24.3 Å². The predicted octanol–water partition coefficient (Wildman–Crippen LogP) is 2.05. The van der Waals surface area contributed by atoms with Gasteiger partial charge in [-0.2, -0.15) is 0 Å². The van der Waals surface area contributed by atoms with E-state index in [-0.39, 0.29) is 29.8 Å². The van der Waals surface area contributed by atoms with Crippen molar-refractivity contribution in [1.82, 2.24) is 10.2 Å². The van der Waals surface area contributed by atoms with E-state index in [0.717, 1.165) is 12.8 Å². The largest absolute Gasteiger partial charge is 0.349 e. The van der Waals surface area contributed by atoms with Gasteiger partial charge in [-0.15, -0.1) is 0 Å². The number of hydrogen-bond donors (Lipinski definition) is 1. The topological polar surface area (TPSA) is 49.4 Å². The van der Waals surface area contributed by atoms with E-state index < -0.39 is 0 Å². The Kier molecular flexibility index (Phi) is 3.70. The maximum Gasteiger partial charge on any atom is 0.225 e. The molecule has 1 fully saturated rings. The molecule has 0 bridgehead atoms. The lowest BCUT2D eigenvalue weighted by Gasteiger charge is -2.21. The Morgan fingerprint density at radius 3 is 2.81 bits per heavy atom. The highest BCUT2D eigenvalue weighted by atomic mass is 16.2. The lowest BCUT2D eigenvalue weighted by atomic mass is 10.1. The molecule has 21 heavy (non-hydrogen) atoms. The standard InChI is InChI=1S/C17H22N2O2/c1-11(2)19-10-13(9-16(19)20)17(21)18-15-8-7-12-5-3-4-6-14(12)15/h3-6,11,13,15H,7-10H2,1-2H3,(H,18,21)/t13-,15+/m0/s1. The van der Waals surface area contributed by atoms with E-state index in [4.69, 9.17) is 0 Å². The summed E-state index contributed by atoms with van der Waals surface area (Å²) in [6.45, 7) is 4.54. The Morgan fingerprint density at radius 2 is 2.10 bits per heavy atom. The first-order valence-corrected chi connectivity index (χ1v) is 7.74. The maximum atomic E-state index is 12.4. The first-order chi connectivity index (χ1) is 10.1. The second-order valence-corrected chi connectivity index (χ2v) is 6.34. The molecule has 1 aromatic rings. The van der Waals surface area contributed by atoms with Gasteiger partial charge in [-0.05, 0) is 37.8 Å². The van der Waals surface area contributed by atoms with Crippen molar-refractivity contribution in [3.8, 4) is 0 Å². The zero-order valence-corrected chi connectivity index (χ0v) is 12.6. The van der Waals surface area contributed by atoms with Crippen LogP contribution < -0.4 is 5.32 Å². The normalized spacial score (nSPS) is 24.5. The van der Waals surface area contributed by atoms with E-state index in [1.54, 1.807) is 4.90 Å². The summed E-state index contributed by atoms with van der Waals surface area (Å²) in [4.78, 5) is 26.1. The molecule has 0 saturated carbocycles. The molecule has 2 aliphatic rings. The van der Waals surface area contributed by atoms with Crippen molar-refractivity contribution in [3.63, 3.8) is 0 Å². The highest BCUT2D eigenvalue weighted by Crippen LogP contribution is 2.31. The molecule has 112 valence electrons. The molecule has 0 unspecified atom stereocenters. The number of carbonyl (C=O) groups excluding carboxylic acids is 2. The number of amides is 2. The van der Waals surface area contributed by atoms with Crippen LogP contribution in [0.3, 0.4) is 0 Å². The van der Waals surface area contributed by atoms with Crippen molar-refractivity contribution in [3.05, 3.63) is 35.4 Å². The third-order valence-corrected chi connectivity index (χ3v) is 4.60. The lowest BCUT2D eigenvalue weighted by Crippen LogP contribution is -2.36. The summed E-state index contributed by atoms with van der Waals surface area (Å²) < 4.78 is 0. The number of nitrogens with zero attached hydrogens (tertiary/aromatic N) is 1. The molecule has 1 heterocycles. The van der Waals surface area contributed by atoms with Gasteiger partial charge in [0.15, 0.2) is 0 Å². The SMILES string of the molecule is CC(C)N1C[C@@H](C(=O)N[C@@H]2CCc3ccccc32)CC1=O. The minimum absolute atomic E-state index is 0.0215. The quantitative estimate of drug-likeness (QED) is 0.924. The molecule has 1 aliphatic carbocycles. The van der Waals surface area contributed by atoms with Crippen LogP contribution >= 0.6 is 0 Å². The lowest BCUT2D eigenvalue weighted by molar-refractivity contribution is -0.130. The van der Waals surface area contributed by atoms with Crippen LogP contribution in [0, 0.1) is 5.92 Å². The van der Waals surface area contributed by atoms with Crippen LogP contribution in [0.5, 0.6) is 0 Å². The van der Waals surface area contributed by atoms with Gasteiger partial charge in [0.05, 0.1) is 12.0 Å². The third-order valence-electron chi connectivity index (χ3n) is 4.60. The Morgan fingerprint density at radius 1 is 1.33 bits per heavy atom. The number of fused-ring (bicyclic) bond motifs is 1. The fourth-order valence-electron chi connectivity index (χ4n) is 3.40. The van der Waals surface area contributed by atoms with E-state index in [9.17, 15) is 9.59 Å². The summed E-state index contributed by atoms with van der Waals surface area (Å²) >= 11 is 0. The van der Waals surface area contributed by atoms with Gasteiger partial charge in [0.2, 0.25) is 11.8 Å². The van der Waals surface area contributed by atoms with Crippen LogP contribution in [0.4, 0.5) is 0 Å². The minimum Gasteiger partial charge on any atom is -0.349 e. The number of hydrogen-bond acceptors (Lipinski definition) is 2. The second kappa shape index (κ2) is 5.51. The van der Waals surface area contributed by atoms with Gasteiger partial charge in [-0.3, -0.25) is 9.59 Å². The molecule has 0 aromatic heterocycles. The van der Waals surface area contributed by atoms with Crippen LogP contribution in [-0.2, 0) is 16.0 Å². The molecule has 4 nitrogen and oxygen atoms in total. The van der Waals surface area contributed by atoms with Crippen LogP contribution in [0.1, 0.15) is 43.9 Å². The molecule has 1 aromatic carbocycles. The van der Waals surface area contributed by atoms with E-state index in [0.29, 0.717) is 13.0 Å². The number of carbonyl (C=O) groups is 2. The van der Waals surface area contributed by atoms with Crippen molar-refractivity contribution in [1.29, 1.82) is 0 Å². The van der Waals surface area contributed by atoms with E-state index in [1.807, 2.05) is 26.0 Å². The predicted molar refractivity (Wildman–Crippen MR) is 80.6 cm³/mol. The minimum atomic E-state index is -0.201. The molecule has 2 atom stereocenters. The van der Waals surface area contributed by atoms with Gasteiger partial charge >= 0.3 is 0 Å². The van der Waals surface area contributed by atoms with Crippen molar-refractivity contribution >= 4 is 11.8 Å². The van der Waals surface area contributed by atoms with Crippen LogP contribution in [-0.4, -0.2) is 29.3 Å². The first kappa shape index (κ1) is 14.1. The zero-order valence-electron chi connectivity index (χ0n) is 12.6. The summed E-state index contributed by atoms with van der Waals surface area (Å²) in [6, 6.07) is 8.55. The van der Waals surface area contributed by atoms with Crippen molar-refractivity contribution in [2.24, 2.45) is 5.92 Å². The van der Waals surface area contributed by atoms with Gasteiger partial charge in [0, 0.05) is 19.0 Å². The maximum absolute atomic E-state index is 12.4. The van der Waals surface area contributed by atoms with Gasteiger partial charge in [0.25, 0.3) is 0 Å². The molecule has 4 heteroatoms. The monoisotopic (exact) mass is 286 g/mol. The van der Waals surface area contributed by atoms with Gasteiger partial charge in [0.1, 0.15) is 0 Å². The van der Waals surface area contributed by atoms with Crippen molar-refractivity contribution < 1.29 is 9.59 Å². The number of likely N-dealkylation sites (tertiary alicyclic amines) is 1. The Labute approximate surface area is 125 Å². The summed E-state index contributed by atoms with van der Waals surface area (Å²) in [6.07, 6.45) is 2.32. The van der Waals surface area contributed by atoms with Crippen LogP contribution in [0.2, 0.25) is 0 Å². The fourth-order valence-corrected chi connectivity index (χ4v) is 3.40. The van der Waals surface area contributed by atoms with Crippen LogP contribution in [0.25, 0.3) is 0 Å². The van der Waals surface area contributed by atoms with Crippen molar-refractivity contribution in [2.75, 3.05) is 6.54 Å². The Balaban J connectivity index is 1.65. The van der Waals surface area contributed by atoms with Gasteiger partial charge < -0.3 is 10.2 Å². The zero-order chi connectivity index (χ0) is 15.0.